The first-order valence-electron chi connectivity index (χ1n) is 4.76. The van der Waals surface area contributed by atoms with Crippen molar-refractivity contribution in [3.8, 4) is 17.1 Å². The van der Waals surface area contributed by atoms with Crippen molar-refractivity contribution in [2.45, 2.75) is 6.36 Å². The highest BCUT2D eigenvalue weighted by Crippen LogP contribution is 2.32. The summed E-state index contributed by atoms with van der Waals surface area (Å²) in [5, 5.41) is 3.85. The molecular formula is C10H7ClF3N3O. The van der Waals surface area contributed by atoms with Gasteiger partial charge in [0.05, 0.1) is 5.02 Å². The van der Waals surface area contributed by atoms with Gasteiger partial charge >= 0.3 is 6.36 Å². The number of rotatable bonds is 2. The topological polar surface area (TPSA) is 39.9 Å². The van der Waals surface area contributed by atoms with E-state index in [0.29, 0.717) is 11.4 Å². The van der Waals surface area contributed by atoms with Crippen LogP contribution in [0, 0.1) is 0 Å². The van der Waals surface area contributed by atoms with Crippen LogP contribution >= 0.6 is 11.6 Å². The van der Waals surface area contributed by atoms with Crippen LogP contribution in [0.1, 0.15) is 0 Å². The van der Waals surface area contributed by atoms with E-state index < -0.39 is 12.1 Å². The number of halogens is 4. The predicted molar refractivity (Wildman–Crippen MR) is 58.1 cm³/mol. The molecule has 0 radical (unpaired) electrons. The second-order valence-corrected chi connectivity index (χ2v) is 3.84. The summed E-state index contributed by atoms with van der Waals surface area (Å²) in [6.07, 6.45) is -3.29. The molecule has 1 aromatic carbocycles. The molecule has 0 saturated carbocycles. The standard InChI is InChI=1S/C10H7ClF3N3O/c1-17-5-15-9(16-17)6-2-3-8(7(11)4-6)18-10(12,13)14/h2-5H,1H3. The molecule has 0 aliphatic heterocycles. The maximum absolute atomic E-state index is 12.0. The summed E-state index contributed by atoms with van der Waals surface area (Å²) in [6.45, 7) is 0. The SMILES string of the molecule is Cn1cnc(-c2ccc(OC(F)(F)F)c(Cl)c2)n1. The van der Waals surface area contributed by atoms with Crippen molar-refractivity contribution in [1.82, 2.24) is 14.8 Å². The fourth-order valence-electron chi connectivity index (χ4n) is 1.32. The lowest BCUT2D eigenvalue weighted by Gasteiger charge is -2.10. The third kappa shape index (κ3) is 2.92. The fourth-order valence-corrected chi connectivity index (χ4v) is 1.54. The number of aromatic nitrogens is 3. The number of ether oxygens (including phenoxy) is 1. The van der Waals surface area contributed by atoms with Gasteiger partial charge in [0.1, 0.15) is 12.1 Å². The molecule has 0 N–H and O–H groups in total. The molecule has 0 amide bonds. The highest BCUT2D eigenvalue weighted by Gasteiger charge is 2.32. The summed E-state index contributed by atoms with van der Waals surface area (Å²) in [4.78, 5) is 3.96. The summed E-state index contributed by atoms with van der Waals surface area (Å²) in [7, 11) is 1.68. The molecule has 1 heterocycles. The van der Waals surface area contributed by atoms with Gasteiger partial charge in [0.25, 0.3) is 0 Å². The number of nitrogens with zero attached hydrogens (tertiary/aromatic N) is 3. The fraction of sp³-hybridized carbons (Fsp3) is 0.200. The summed E-state index contributed by atoms with van der Waals surface area (Å²) < 4.78 is 41.3. The maximum Gasteiger partial charge on any atom is 0.573 e. The smallest absolute Gasteiger partial charge is 0.404 e. The zero-order chi connectivity index (χ0) is 13.3. The van der Waals surface area contributed by atoms with Crippen LogP contribution in [0.15, 0.2) is 24.5 Å². The molecule has 0 atom stereocenters. The van der Waals surface area contributed by atoms with E-state index in [1.807, 2.05) is 0 Å². The Morgan fingerprint density at radius 2 is 2.06 bits per heavy atom. The lowest BCUT2D eigenvalue weighted by atomic mass is 10.2. The van der Waals surface area contributed by atoms with Crippen molar-refractivity contribution in [2.24, 2.45) is 7.05 Å². The van der Waals surface area contributed by atoms with Crippen molar-refractivity contribution >= 4 is 11.6 Å². The largest absolute Gasteiger partial charge is 0.573 e. The molecule has 0 bridgehead atoms. The average molecular weight is 278 g/mol. The Kier molecular flexibility index (Phi) is 3.16. The van der Waals surface area contributed by atoms with Gasteiger partial charge < -0.3 is 4.74 Å². The lowest BCUT2D eigenvalue weighted by molar-refractivity contribution is -0.274. The molecule has 0 fully saturated rings. The van der Waals surface area contributed by atoms with Crippen molar-refractivity contribution < 1.29 is 17.9 Å². The average Bonchev–Trinajstić information content (AvgIpc) is 2.66. The summed E-state index contributed by atoms with van der Waals surface area (Å²) >= 11 is 5.70. The van der Waals surface area contributed by atoms with E-state index in [2.05, 4.69) is 14.8 Å². The molecule has 0 aliphatic rings. The Morgan fingerprint density at radius 1 is 1.33 bits per heavy atom. The first kappa shape index (κ1) is 12.7. The van der Waals surface area contributed by atoms with E-state index in [4.69, 9.17) is 11.6 Å². The minimum absolute atomic E-state index is 0.155. The lowest BCUT2D eigenvalue weighted by Crippen LogP contribution is -2.17. The molecule has 4 nitrogen and oxygen atoms in total. The molecule has 8 heteroatoms. The monoisotopic (exact) mass is 277 g/mol. The van der Waals surface area contributed by atoms with Gasteiger partial charge in [0.15, 0.2) is 5.82 Å². The van der Waals surface area contributed by atoms with Crippen molar-refractivity contribution in [3.05, 3.63) is 29.5 Å². The quantitative estimate of drug-likeness (QED) is 0.847. The zero-order valence-electron chi connectivity index (χ0n) is 9.07. The molecular weight excluding hydrogens is 271 g/mol. The van der Waals surface area contributed by atoms with Gasteiger partial charge in [0, 0.05) is 12.6 Å². The predicted octanol–water partition coefficient (Wildman–Crippen LogP) is 3.03. The summed E-state index contributed by atoms with van der Waals surface area (Å²) in [5.41, 5.74) is 0.509. The second kappa shape index (κ2) is 4.49. The number of benzene rings is 1. The van der Waals surface area contributed by atoms with Crippen LogP contribution < -0.4 is 4.74 Å². The van der Waals surface area contributed by atoms with Crippen molar-refractivity contribution in [1.29, 1.82) is 0 Å². The molecule has 0 unspecified atom stereocenters. The van der Waals surface area contributed by atoms with E-state index in [9.17, 15) is 13.2 Å². The Morgan fingerprint density at radius 3 is 2.56 bits per heavy atom. The third-order valence-electron chi connectivity index (χ3n) is 2.02. The molecule has 1 aromatic heterocycles. The van der Waals surface area contributed by atoms with Gasteiger partial charge in [-0.05, 0) is 18.2 Å². The minimum Gasteiger partial charge on any atom is -0.404 e. The second-order valence-electron chi connectivity index (χ2n) is 3.43. The molecule has 0 aliphatic carbocycles. The number of hydrogen-bond donors (Lipinski definition) is 0. The Balaban J connectivity index is 2.30. The van der Waals surface area contributed by atoms with Crippen LogP contribution in [-0.2, 0) is 7.05 Å². The van der Waals surface area contributed by atoms with Gasteiger partial charge in [-0.1, -0.05) is 11.6 Å². The van der Waals surface area contributed by atoms with Gasteiger partial charge in [-0.25, -0.2) is 4.98 Å². The molecule has 0 saturated heterocycles. The molecule has 0 spiro atoms. The van der Waals surface area contributed by atoms with Crippen LogP contribution in [-0.4, -0.2) is 21.1 Å². The Bertz CT molecular complexity index is 568. The van der Waals surface area contributed by atoms with Crippen LogP contribution in [0.3, 0.4) is 0 Å². The minimum atomic E-state index is -4.77. The first-order chi connectivity index (χ1) is 8.35. The third-order valence-corrected chi connectivity index (χ3v) is 2.31. The van der Waals surface area contributed by atoms with Crippen LogP contribution in [0.2, 0.25) is 5.02 Å². The highest BCUT2D eigenvalue weighted by atomic mass is 35.5. The van der Waals surface area contributed by atoms with E-state index in [1.165, 1.54) is 23.1 Å². The molecule has 2 aromatic rings. The van der Waals surface area contributed by atoms with Gasteiger partial charge in [0.2, 0.25) is 0 Å². The number of alkyl halides is 3. The molecule has 2 rings (SSSR count). The number of hydrogen-bond acceptors (Lipinski definition) is 3. The van der Waals surface area contributed by atoms with E-state index >= 15 is 0 Å². The van der Waals surface area contributed by atoms with Crippen LogP contribution in [0.4, 0.5) is 13.2 Å². The zero-order valence-corrected chi connectivity index (χ0v) is 9.83. The maximum atomic E-state index is 12.0. The van der Waals surface area contributed by atoms with E-state index in [1.54, 1.807) is 7.05 Å². The normalized spacial score (nSPS) is 11.6. The highest BCUT2D eigenvalue weighted by molar-refractivity contribution is 6.32. The summed E-state index contributed by atoms with van der Waals surface area (Å²) in [6, 6.07) is 3.85. The van der Waals surface area contributed by atoms with Crippen molar-refractivity contribution in [3.63, 3.8) is 0 Å². The van der Waals surface area contributed by atoms with Crippen LogP contribution in [0.25, 0.3) is 11.4 Å². The molecule has 96 valence electrons. The van der Waals surface area contributed by atoms with E-state index in [0.717, 1.165) is 6.07 Å². The van der Waals surface area contributed by atoms with Crippen LogP contribution in [0.5, 0.6) is 5.75 Å². The van der Waals surface area contributed by atoms with Gasteiger partial charge in [-0.2, -0.15) is 5.10 Å². The Hall–Kier alpha value is -1.76. The first-order valence-corrected chi connectivity index (χ1v) is 5.14. The van der Waals surface area contributed by atoms with Gasteiger partial charge in [-0.15, -0.1) is 13.2 Å². The van der Waals surface area contributed by atoms with E-state index in [-0.39, 0.29) is 5.02 Å². The summed E-state index contributed by atoms with van der Waals surface area (Å²) in [5.74, 6) is -0.0817. The van der Waals surface area contributed by atoms with Gasteiger partial charge in [-0.3, -0.25) is 4.68 Å². The Labute approximate surface area is 105 Å². The number of aryl methyl sites for hydroxylation is 1. The molecule has 18 heavy (non-hydrogen) atoms. The van der Waals surface area contributed by atoms with Crippen molar-refractivity contribution in [2.75, 3.05) is 0 Å².